The topological polar surface area (TPSA) is 61.0 Å². The number of nitrogens with zero attached hydrogens (tertiary/aromatic N) is 2. The van der Waals surface area contributed by atoms with E-state index >= 15 is 0 Å². The molecule has 1 aliphatic rings. The molecular formula is C19H18F2N4OS. The Morgan fingerprint density at radius 3 is 2.74 bits per heavy atom. The Morgan fingerprint density at radius 1 is 1.22 bits per heavy atom. The van der Waals surface area contributed by atoms with E-state index in [1.165, 1.54) is 6.07 Å². The number of anilines is 1. The molecule has 3 heterocycles. The molecule has 0 aliphatic carbocycles. The van der Waals surface area contributed by atoms with Gasteiger partial charge in [-0.2, -0.15) is 5.10 Å². The first-order valence-corrected chi connectivity index (χ1v) is 9.58. The molecule has 8 heteroatoms. The van der Waals surface area contributed by atoms with Gasteiger partial charge >= 0.3 is 0 Å². The molecule has 140 valence electrons. The summed E-state index contributed by atoms with van der Waals surface area (Å²) in [7, 11) is 0. The lowest BCUT2D eigenvalue weighted by Gasteiger charge is -2.32. The molecule has 2 aromatic heterocycles. The van der Waals surface area contributed by atoms with E-state index in [1.54, 1.807) is 11.3 Å². The summed E-state index contributed by atoms with van der Waals surface area (Å²) in [5.74, 6) is -1.17. The van der Waals surface area contributed by atoms with Gasteiger partial charge in [-0.1, -0.05) is 6.07 Å². The van der Waals surface area contributed by atoms with E-state index in [1.807, 2.05) is 23.6 Å². The Morgan fingerprint density at radius 2 is 2.04 bits per heavy atom. The summed E-state index contributed by atoms with van der Waals surface area (Å²) in [4.78, 5) is 15.5. The second kappa shape index (κ2) is 7.48. The molecule has 0 bridgehead atoms. The molecule has 1 aliphatic heterocycles. The van der Waals surface area contributed by atoms with Crippen molar-refractivity contribution < 1.29 is 13.6 Å². The Kier molecular flexibility index (Phi) is 4.89. The highest BCUT2D eigenvalue weighted by atomic mass is 32.1. The van der Waals surface area contributed by atoms with Crippen LogP contribution >= 0.6 is 11.3 Å². The van der Waals surface area contributed by atoms with Gasteiger partial charge in [0.15, 0.2) is 5.82 Å². The second-order valence-corrected chi connectivity index (χ2v) is 7.42. The SMILES string of the molecule is O=C(NC1CCN(c2cc(-c3cccs3)[nH]n2)CC1)c1ccc(F)cc1F. The molecule has 0 spiro atoms. The summed E-state index contributed by atoms with van der Waals surface area (Å²) in [5.41, 5.74) is 0.855. The van der Waals surface area contributed by atoms with Gasteiger partial charge in [0.1, 0.15) is 11.6 Å². The number of rotatable bonds is 4. The van der Waals surface area contributed by atoms with Crippen molar-refractivity contribution >= 4 is 23.1 Å². The fourth-order valence-electron chi connectivity index (χ4n) is 3.22. The van der Waals surface area contributed by atoms with Gasteiger partial charge in [-0.15, -0.1) is 11.3 Å². The lowest BCUT2D eigenvalue weighted by atomic mass is 10.0. The van der Waals surface area contributed by atoms with Crippen molar-refractivity contribution in [3.8, 4) is 10.6 Å². The van der Waals surface area contributed by atoms with Crippen molar-refractivity contribution in [2.75, 3.05) is 18.0 Å². The molecule has 1 saturated heterocycles. The molecule has 4 rings (SSSR count). The maximum absolute atomic E-state index is 13.7. The minimum absolute atomic E-state index is 0.0473. The molecule has 0 saturated carbocycles. The average molecular weight is 388 g/mol. The predicted molar refractivity (Wildman–Crippen MR) is 101 cm³/mol. The monoisotopic (exact) mass is 388 g/mol. The van der Waals surface area contributed by atoms with Gasteiger partial charge in [-0.3, -0.25) is 9.89 Å². The van der Waals surface area contributed by atoms with Crippen LogP contribution in [0.25, 0.3) is 10.6 Å². The number of thiophene rings is 1. The van der Waals surface area contributed by atoms with Crippen LogP contribution in [0.3, 0.4) is 0 Å². The normalized spacial score (nSPS) is 15.1. The van der Waals surface area contributed by atoms with Gasteiger partial charge in [-0.25, -0.2) is 8.78 Å². The smallest absolute Gasteiger partial charge is 0.254 e. The quantitative estimate of drug-likeness (QED) is 0.714. The summed E-state index contributed by atoms with van der Waals surface area (Å²) in [6.07, 6.45) is 1.46. The number of carbonyl (C=O) groups is 1. The van der Waals surface area contributed by atoms with Crippen molar-refractivity contribution in [3.63, 3.8) is 0 Å². The summed E-state index contributed by atoms with van der Waals surface area (Å²) in [6.45, 7) is 1.48. The molecule has 2 N–H and O–H groups in total. The van der Waals surface area contributed by atoms with Crippen LogP contribution < -0.4 is 10.2 Å². The largest absolute Gasteiger partial charge is 0.355 e. The highest BCUT2D eigenvalue weighted by Crippen LogP contribution is 2.27. The van der Waals surface area contributed by atoms with E-state index in [0.29, 0.717) is 0 Å². The van der Waals surface area contributed by atoms with Gasteiger partial charge in [-0.05, 0) is 36.4 Å². The third-order valence-electron chi connectivity index (χ3n) is 4.68. The van der Waals surface area contributed by atoms with Crippen LogP contribution in [-0.4, -0.2) is 35.2 Å². The first-order valence-electron chi connectivity index (χ1n) is 8.70. The van der Waals surface area contributed by atoms with Crippen LogP contribution in [0.5, 0.6) is 0 Å². The van der Waals surface area contributed by atoms with Gasteiger partial charge in [0, 0.05) is 31.3 Å². The molecule has 27 heavy (non-hydrogen) atoms. The van der Waals surface area contributed by atoms with Crippen LogP contribution in [-0.2, 0) is 0 Å². The van der Waals surface area contributed by atoms with Crippen molar-refractivity contribution in [3.05, 3.63) is 59.0 Å². The molecular weight excluding hydrogens is 370 g/mol. The third-order valence-corrected chi connectivity index (χ3v) is 5.58. The summed E-state index contributed by atoms with van der Waals surface area (Å²) in [6, 6.07) is 9.00. The standard InChI is InChI=1S/C19H18F2N4OS/c20-12-3-4-14(15(21)10-12)19(26)22-13-5-7-25(8-6-13)18-11-16(23-24-18)17-2-1-9-27-17/h1-4,9-11,13H,5-8H2,(H,22,26)(H,23,24). The number of carbonyl (C=O) groups excluding carboxylic acids is 1. The predicted octanol–water partition coefficient (Wildman–Crippen LogP) is 3.82. The van der Waals surface area contributed by atoms with E-state index in [2.05, 4.69) is 20.4 Å². The van der Waals surface area contributed by atoms with E-state index in [9.17, 15) is 13.6 Å². The number of halogens is 2. The average Bonchev–Trinajstić information content (AvgIpc) is 3.34. The molecule has 0 radical (unpaired) electrons. The number of benzene rings is 1. The molecule has 0 atom stereocenters. The number of aromatic nitrogens is 2. The molecule has 1 aromatic carbocycles. The Hall–Kier alpha value is -2.74. The fourth-order valence-corrected chi connectivity index (χ4v) is 3.91. The maximum atomic E-state index is 13.7. The molecule has 1 amide bonds. The fraction of sp³-hybridized carbons (Fsp3) is 0.263. The van der Waals surface area contributed by atoms with Crippen molar-refractivity contribution in [1.82, 2.24) is 15.5 Å². The number of hydrogen-bond donors (Lipinski definition) is 2. The van der Waals surface area contributed by atoms with Gasteiger partial charge in [0.05, 0.1) is 16.1 Å². The van der Waals surface area contributed by atoms with Crippen molar-refractivity contribution in [2.45, 2.75) is 18.9 Å². The lowest BCUT2D eigenvalue weighted by molar-refractivity contribution is 0.0927. The first-order chi connectivity index (χ1) is 13.1. The maximum Gasteiger partial charge on any atom is 0.254 e. The third kappa shape index (κ3) is 3.85. The number of aromatic amines is 1. The first kappa shape index (κ1) is 17.7. The molecule has 5 nitrogen and oxygen atoms in total. The molecule has 3 aromatic rings. The second-order valence-electron chi connectivity index (χ2n) is 6.48. The highest BCUT2D eigenvalue weighted by molar-refractivity contribution is 7.13. The summed E-state index contributed by atoms with van der Waals surface area (Å²) in [5, 5.41) is 12.3. The number of hydrogen-bond acceptors (Lipinski definition) is 4. The number of H-pyrrole nitrogens is 1. The van der Waals surface area contributed by atoms with Crippen LogP contribution in [0.15, 0.2) is 41.8 Å². The van der Waals surface area contributed by atoms with Gasteiger partial charge in [0.2, 0.25) is 0 Å². The van der Waals surface area contributed by atoms with Crippen molar-refractivity contribution in [1.29, 1.82) is 0 Å². The Balaban J connectivity index is 1.34. The zero-order valence-electron chi connectivity index (χ0n) is 14.4. The van der Waals surface area contributed by atoms with E-state index in [-0.39, 0.29) is 11.6 Å². The summed E-state index contributed by atoms with van der Waals surface area (Å²) >= 11 is 1.65. The zero-order chi connectivity index (χ0) is 18.8. The molecule has 1 fully saturated rings. The lowest BCUT2D eigenvalue weighted by Crippen LogP contribution is -2.45. The zero-order valence-corrected chi connectivity index (χ0v) is 15.2. The summed E-state index contributed by atoms with van der Waals surface area (Å²) < 4.78 is 26.7. The van der Waals surface area contributed by atoms with E-state index in [0.717, 1.165) is 54.5 Å². The number of nitrogens with one attached hydrogen (secondary N) is 2. The van der Waals surface area contributed by atoms with Crippen LogP contribution in [0.1, 0.15) is 23.2 Å². The van der Waals surface area contributed by atoms with E-state index in [4.69, 9.17) is 0 Å². The minimum atomic E-state index is -0.845. The van der Waals surface area contributed by atoms with Crippen molar-refractivity contribution in [2.24, 2.45) is 0 Å². The Labute approximate surface area is 159 Å². The van der Waals surface area contributed by atoms with E-state index < -0.39 is 17.5 Å². The molecule has 0 unspecified atom stereocenters. The van der Waals surface area contributed by atoms with Gasteiger partial charge < -0.3 is 10.2 Å². The highest BCUT2D eigenvalue weighted by Gasteiger charge is 2.24. The van der Waals surface area contributed by atoms with Gasteiger partial charge in [0.25, 0.3) is 5.91 Å². The minimum Gasteiger partial charge on any atom is -0.355 e. The number of amides is 1. The Bertz CT molecular complexity index is 933. The van der Waals surface area contributed by atoms with Crippen LogP contribution in [0.2, 0.25) is 0 Å². The van der Waals surface area contributed by atoms with Crippen LogP contribution in [0, 0.1) is 11.6 Å². The number of piperidine rings is 1. The van der Waals surface area contributed by atoms with Crippen LogP contribution in [0.4, 0.5) is 14.6 Å².